The van der Waals surface area contributed by atoms with Crippen LogP contribution in [0.1, 0.15) is 36.5 Å². The van der Waals surface area contributed by atoms with Crippen molar-refractivity contribution < 1.29 is 9.59 Å². The lowest BCUT2D eigenvalue weighted by molar-refractivity contribution is -0.116. The van der Waals surface area contributed by atoms with Crippen molar-refractivity contribution in [3.8, 4) is 0 Å². The molecule has 1 atom stereocenters. The van der Waals surface area contributed by atoms with E-state index in [0.29, 0.717) is 17.7 Å². The fourth-order valence-electron chi connectivity index (χ4n) is 1.72. The first-order chi connectivity index (χ1) is 9.04. The van der Waals surface area contributed by atoms with Crippen molar-refractivity contribution in [1.29, 1.82) is 0 Å². The highest BCUT2D eigenvalue weighted by Gasteiger charge is 2.11. The van der Waals surface area contributed by atoms with Crippen LogP contribution in [0.15, 0.2) is 24.3 Å². The van der Waals surface area contributed by atoms with Gasteiger partial charge in [-0.2, -0.15) is 0 Å². The van der Waals surface area contributed by atoms with E-state index in [-0.39, 0.29) is 17.9 Å². The quantitative estimate of drug-likeness (QED) is 0.727. The first kappa shape index (κ1) is 15.2. The summed E-state index contributed by atoms with van der Waals surface area (Å²) in [6, 6.07) is 7.04. The lowest BCUT2D eigenvalue weighted by atomic mass is 10.1. The monoisotopic (exact) mass is 263 g/mol. The predicted octanol–water partition coefficient (Wildman–Crippen LogP) is 1.50. The number of nitrogens with one attached hydrogen (secondary N) is 2. The molecule has 1 aromatic carbocycles. The van der Waals surface area contributed by atoms with Crippen LogP contribution in [-0.4, -0.2) is 24.9 Å². The molecular formula is C14H21N3O2. The second-order valence-electron chi connectivity index (χ2n) is 4.54. The van der Waals surface area contributed by atoms with Crippen molar-refractivity contribution in [2.75, 3.05) is 12.4 Å². The van der Waals surface area contributed by atoms with Crippen LogP contribution in [0.5, 0.6) is 0 Å². The molecule has 0 bridgehead atoms. The van der Waals surface area contributed by atoms with Crippen LogP contribution in [0, 0.1) is 0 Å². The normalized spacial score (nSPS) is 11.7. The summed E-state index contributed by atoms with van der Waals surface area (Å²) in [5.41, 5.74) is 6.63. The van der Waals surface area contributed by atoms with E-state index in [1.165, 1.54) is 0 Å². The van der Waals surface area contributed by atoms with Gasteiger partial charge >= 0.3 is 0 Å². The van der Waals surface area contributed by atoms with Crippen molar-refractivity contribution in [2.45, 2.75) is 32.2 Å². The molecule has 1 unspecified atom stereocenters. The zero-order valence-electron chi connectivity index (χ0n) is 11.4. The Hall–Kier alpha value is -1.88. The highest BCUT2D eigenvalue weighted by Crippen LogP contribution is 2.15. The number of carbonyl (C=O) groups is 2. The Balaban J connectivity index is 2.61. The third kappa shape index (κ3) is 5.09. The summed E-state index contributed by atoms with van der Waals surface area (Å²) >= 11 is 0. The van der Waals surface area contributed by atoms with Gasteiger partial charge in [-0.1, -0.05) is 12.1 Å². The molecule has 0 aliphatic rings. The van der Waals surface area contributed by atoms with Gasteiger partial charge in [0.1, 0.15) is 0 Å². The van der Waals surface area contributed by atoms with E-state index < -0.39 is 0 Å². The SMILES string of the molecule is CNC(=O)c1ccccc1NC(=O)CCCC(C)N. The van der Waals surface area contributed by atoms with E-state index in [0.717, 1.165) is 12.8 Å². The van der Waals surface area contributed by atoms with Crippen molar-refractivity contribution in [2.24, 2.45) is 5.73 Å². The van der Waals surface area contributed by atoms with Crippen LogP contribution >= 0.6 is 0 Å². The van der Waals surface area contributed by atoms with Crippen LogP contribution < -0.4 is 16.4 Å². The fraction of sp³-hybridized carbons (Fsp3) is 0.429. The van der Waals surface area contributed by atoms with Crippen LogP contribution in [0.25, 0.3) is 0 Å². The molecule has 0 heterocycles. The molecule has 0 fully saturated rings. The molecule has 0 spiro atoms. The number of carbonyl (C=O) groups excluding carboxylic acids is 2. The summed E-state index contributed by atoms with van der Waals surface area (Å²) in [4.78, 5) is 23.4. The van der Waals surface area contributed by atoms with E-state index in [9.17, 15) is 9.59 Å². The topological polar surface area (TPSA) is 84.2 Å². The van der Waals surface area contributed by atoms with Gasteiger partial charge in [0.2, 0.25) is 5.91 Å². The van der Waals surface area contributed by atoms with Gasteiger partial charge < -0.3 is 16.4 Å². The number of nitrogens with two attached hydrogens (primary N) is 1. The van der Waals surface area contributed by atoms with Gasteiger partial charge in [-0.15, -0.1) is 0 Å². The minimum Gasteiger partial charge on any atom is -0.355 e. The lowest BCUT2D eigenvalue weighted by Gasteiger charge is -2.10. The second-order valence-corrected chi connectivity index (χ2v) is 4.54. The highest BCUT2D eigenvalue weighted by atomic mass is 16.2. The average molecular weight is 263 g/mol. The Labute approximate surface area is 113 Å². The number of rotatable bonds is 6. The number of hydrogen-bond acceptors (Lipinski definition) is 3. The fourth-order valence-corrected chi connectivity index (χ4v) is 1.72. The lowest BCUT2D eigenvalue weighted by Crippen LogP contribution is -2.21. The van der Waals surface area contributed by atoms with E-state index in [4.69, 9.17) is 5.73 Å². The van der Waals surface area contributed by atoms with Gasteiger partial charge in [0.15, 0.2) is 0 Å². The van der Waals surface area contributed by atoms with Crippen molar-refractivity contribution in [3.05, 3.63) is 29.8 Å². The van der Waals surface area contributed by atoms with Crippen molar-refractivity contribution in [3.63, 3.8) is 0 Å². The van der Waals surface area contributed by atoms with Crippen LogP contribution in [0.2, 0.25) is 0 Å². The molecule has 1 rings (SSSR count). The van der Waals surface area contributed by atoms with E-state index in [1.807, 2.05) is 6.92 Å². The Morgan fingerprint density at radius 1 is 1.32 bits per heavy atom. The van der Waals surface area contributed by atoms with Crippen molar-refractivity contribution >= 4 is 17.5 Å². The van der Waals surface area contributed by atoms with Gasteiger partial charge in [0.05, 0.1) is 11.3 Å². The number of para-hydroxylation sites is 1. The number of hydrogen-bond donors (Lipinski definition) is 3. The van der Waals surface area contributed by atoms with Gasteiger partial charge in [-0.25, -0.2) is 0 Å². The van der Waals surface area contributed by atoms with Gasteiger partial charge in [-0.3, -0.25) is 9.59 Å². The number of benzene rings is 1. The summed E-state index contributed by atoms with van der Waals surface area (Å²) < 4.78 is 0. The maximum Gasteiger partial charge on any atom is 0.253 e. The van der Waals surface area contributed by atoms with Crippen LogP contribution in [0.3, 0.4) is 0 Å². The summed E-state index contributed by atoms with van der Waals surface area (Å²) in [5.74, 6) is -0.316. The Kier molecular flexibility index (Phi) is 6.02. The molecule has 0 saturated carbocycles. The Morgan fingerprint density at radius 2 is 2.00 bits per heavy atom. The summed E-state index contributed by atoms with van der Waals surface area (Å²) in [6.07, 6.45) is 1.96. The standard InChI is InChI=1S/C14H21N3O2/c1-10(15)6-5-9-13(18)17-12-8-4-3-7-11(12)14(19)16-2/h3-4,7-8,10H,5-6,9,15H2,1-2H3,(H,16,19)(H,17,18). The molecule has 0 aromatic heterocycles. The van der Waals surface area contributed by atoms with E-state index in [1.54, 1.807) is 31.3 Å². The third-order valence-electron chi connectivity index (χ3n) is 2.74. The maximum atomic E-state index is 11.8. The number of anilines is 1. The molecule has 5 heteroatoms. The molecule has 2 amide bonds. The smallest absolute Gasteiger partial charge is 0.253 e. The Morgan fingerprint density at radius 3 is 2.63 bits per heavy atom. The van der Waals surface area contributed by atoms with E-state index >= 15 is 0 Å². The predicted molar refractivity (Wildman–Crippen MR) is 76.0 cm³/mol. The highest BCUT2D eigenvalue weighted by molar-refractivity contribution is 6.03. The average Bonchev–Trinajstić information content (AvgIpc) is 2.38. The minimum absolute atomic E-state index is 0.1000. The van der Waals surface area contributed by atoms with Crippen LogP contribution in [0.4, 0.5) is 5.69 Å². The molecule has 104 valence electrons. The molecular weight excluding hydrogens is 242 g/mol. The third-order valence-corrected chi connectivity index (χ3v) is 2.74. The second kappa shape index (κ2) is 7.53. The molecule has 0 aliphatic carbocycles. The van der Waals surface area contributed by atoms with Gasteiger partial charge in [0, 0.05) is 19.5 Å². The largest absolute Gasteiger partial charge is 0.355 e. The first-order valence-corrected chi connectivity index (χ1v) is 6.41. The maximum absolute atomic E-state index is 11.8. The van der Waals surface area contributed by atoms with Gasteiger partial charge in [0.25, 0.3) is 5.91 Å². The molecule has 0 saturated heterocycles. The summed E-state index contributed by atoms with van der Waals surface area (Å²) in [7, 11) is 1.56. The molecule has 5 nitrogen and oxygen atoms in total. The zero-order chi connectivity index (χ0) is 14.3. The molecule has 1 aromatic rings. The van der Waals surface area contributed by atoms with Gasteiger partial charge in [-0.05, 0) is 31.9 Å². The van der Waals surface area contributed by atoms with Crippen LogP contribution in [-0.2, 0) is 4.79 Å². The summed E-state index contributed by atoms with van der Waals surface area (Å²) in [6.45, 7) is 1.92. The summed E-state index contributed by atoms with van der Waals surface area (Å²) in [5, 5.41) is 5.31. The molecule has 0 radical (unpaired) electrons. The molecule has 0 aliphatic heterocycles. The zero-order valence-corrected chi connectivity index (χ0v) is 11.4. The molecule has 4 N–H and O–H groups in total. The number of amides is 2. The van der Waals surface area contributed by atoms with Crippen molar-refractivity contribution in [1.82, 2.24) is 5.32 Å². The molecule has 19 heavy (non-hydrogen) atoms. The first-order valence-electron chi connectivity index (χ1n) is 6.41. The minimum atomic E-state index is -0.216. The van der Waals surface area contributed by atoms with E-state index in [2.05, 4.69) is 10.6 Å². The Bertz CT molecular complexity index is 444.